The summed E-state index contributed by atoms with van der Waals surface area (Å²) < 4.78 is 5.27. The van der Waals surface area contributed by atoms with E-state index in [1.165, 1.54) is 0 Å². The number of phenols is 1. The van der Waals surface area contributed by atoms with Crippen LogP contribution in [0.25, 0.3) is 0 Å². The predicted molar refractivity (Wildman–Crippen MR) is 114 cm³/mol. The number of aromatic nitrogens is 1. The van der Waals surface area contributed by atoms with Gasteiger partial charge in [0, 0.05) is 31.1 Å². The number of hydrogen-bond donors (Lipinski definition) is 3. The molecule has 2 aromatic rings. The molecule has 1 aliphatic carbocycles. The maximum Gasteiger partial charge on any atom is 0.273 e. The molecular formula is C23H30N4O4. The van der Waals surface area contributed by atoms with Crippen molar-refractivity contribution in [3.05, 3.63) is 47.3 Å². The zero-order valence-electron chi connectivity index (χ0n) is 17.8. The standard InChI is InChI=1S/C23H30N4O4/c1-14(25-22(29)20-13-21(31-26-20)17-4-5-17)16-8-10-27(11-9-16)23(30)19(24)12-15-2-6-18(28)7-3-15/h2-3,6-7,13-14,16-17,19,28H,4-5,8-12,24H2,1H3,(H,25,29)/t14?,19-/m1/s1. The van der Waals surface area contributed by atoms with Crippen molar-refractivity contribution < 1.29 is 19.2 Å². The van der Waals surface area contributed by atoms with Crippen LogP contribution in [0.15, 0.2) is 34.9 Å². The minimum absolute atomic E-state index is 0.0171. The molecule has 1 unspecified atom stereocenters. The Morgan fingerprint density at radius 2 is 1.90 bits per heavy atom. The average molecular weight is 427 g/mol. The number of piperidine rings is 1. The molecule has 2 amide bonds. The number of aromatic hydroxyl groups is 1. The van der Waals surface area contributed by atoms with Crippen LogP contribution in [0.2, 0.25) is 0 Å². The number of likely N-dealkylation sites (tertiary alicyclic amines) is 1. The monoisotopic (exact) mass is 426 g/mol. The van der Waals surface area contributed by atoms with Crippen molar-refractivity contribution in [2.45, 2.75) is 57.0 Å². The van der Waals surface area contributed by atoms with Crippen molar-refractivity contribution in [1.82, 2.24) is 15.4 Å². The first kappa shape index (κ1) is 21.4. The maximum absolute atomic E-state index is 12.7. The Balaban J connectivity index is 1.23. The third-order valence-corrected chi connectivity index (χ3v) is 6.37. The molecule has 2 fully saturated rings. The molecule has 166 valence electrons. The molecule has 31 heavy (non-hydrogen) atoms. The van der Waals surface area contributed by atoms with Gasteiger partial charge >= 0.3 is 0 Å². The molecule has 2 aliphatic rings. The third kappa shape index (κ3) is 5.25. The van der Waals surface area contributed by atoms with Crippen LogP contribution < -0.4 is 11.1 Å². The van der Waals surface area contributed by atoms with Crippen molar-refractivity contribution in [1.29, 1.82) is 0 Å². The van der Waals surface area contributed by atoms with E-state index in [0.717, 1.165) is 37.0 Å². The summed E-state index contributed by atoms with van der Waals surface area (Å²) in [7, 11) is 0. The molecule has 0 spiro atoms. The first-order valence-electron chi connectivity index (χ1n) is 11.0. The summed E-state index contributed by atoms with van der Waals surface area (Å²) in [5.41, 5.74) is 7.40. The average Bonchev–Trinajstić information content (AvgIpc) is 3.51. The number of phenolic OH excluding ortho intramolecular Hbond substituents is 1. The number of rotatable bonds is 7. The first-order valence-corrected chi connectivity index (χ1v) is 11.0. The molecule has 1 aromatic carbocycles. The maximum atomic E-state index is 12.7. The fourth-order valence-electron chi connectivity index (χ4n) is 4.18. The summed E-state index contributed by atoms with van der Waals surface area (Å²) >= 11 is 0. The molecule has 0 bridgehead atoms. The largest absolute Gasteiger partial charge is 0.508 e. The predicted octanol–water partition coefficient (Wildman–Crippen LogP) is 2.18. The fraction of sp³-hybridized carbons (Fsp3) is 0.522. The summed E-state index contributed by atoms with van der Waals surface area (Å²) in [5, 5.41) is 16.3. The minimum Gasteiger partial charge on any atom is -0.508 e. The number of benzene rings is 1. The van der Waals surface area contributed by atoms with E-state index in [0.29, 0.717) is 31.1 Å². The molecule has 1 saturated carbocycles. The van der Waals surface area contributed by atoms with Crippen LogP contribution in [0, 0.1) is 5.92 Å². The summed E-state index contributed by atoms with van der Waals surface area (Å²) in [6.07, 6.45) is 4.26. The topological polar surface area (TPSA) is 122 Å². The lowest BCUT2D eigenvalue weighted by atomic mass is 9.89. The van der Waals surface area contributed by atoms with Gasteiger partial charge in [-0.05, 0) is 62.6 Å². The van der Waals surface area contributed by atoms with E-state index >= 15 is 0 Å². The number of nitrogens with one attached hydrogen (secondary N) is 1. The second-order valence-corrected chi connectivity index (χ2v) is 8.79. The highest BCUT2D eigenvalue weighted by Crippen LogP contribution is 2.40. The molecule has 0 radical (unpaired) electrons. The van der Waals surface area contributed by atoms with E-state index in [2.05, 4.69) is 10.5 Å². The van der Waals surface area contributed by atoms with Crippen LogP contribution in [0.5, 0.6) is 5.75 Å². The second kappa shape index (κ2) is 9.09. The summed E-state index contributed by atoms with van der Waals surface area (Å²) in [6.45, 7) is 3.25. The number of amides is 2. The molecule has 8 heteroatoms. The van der Waals surface area contributed by atoms with Crippen LogP contribution in [-0.2, 0) is 11.2 Å². The first-order chi connectivity index (χ1) is 14.9. The minimum atomic E-state index is -0.606. The lowest BCUT2D eigenvalue weighted by molar-refractivity contribution is -0.134. The third-order valence-electron chi connectivity index (χ3n) is 6.37. The van der Waals surface area contributed by atoms with Gasteiger partial charge in [-0.3, -0.25) is 9.59 Å². The van der Waals surface area contributed by atoms with Gasteiger partial charge in [0.1, 0.15) is 11.5 Å². The summed E-state index contributed by atoms with van der Waals surface area (Å²) in [6, 6.07) is 7.88. The lowest BCUT2D eigenvalue weighted by Crippen LogP contribution is -2.50. The highest BCUT2D eigenvalue weighted by Gasteiger charge is 2.31. The van der Waals surface area contributed by atoms with Gasteiger partial charge in [0.25, 0.3) is 5.91 Å². The Bertz CT molecular complexity index is 914. The van der Waals surface area contributed by atoms with E-state index in [1.54, 1.807) is 30.3 Å². The molecule has 2 atom stereocenters. The van der Waals surface area contributed by atoms with E-state index < -0.39 is 6.04 Å². The van der Waals surface area contributed by atoms with Gasteiger partial charge in [-0.2, -0.15) is 0 Å². The normalized spacial score (nSPS) is 19.1. The van der Waals surface area contributed by atoms with E-state index in [1.807, 2.05) is 11.8 Å². The van der Waals surface area contributed by atoms with Crippen LogP contribution in [0.1, 0.15) is 60.3 Å². The van der Waals surface area contributed by atoms with Crippen LogP contribution in [-0.4, -0.2) is 52.2 Å². The summed E-state index contributed by atoms with van der Waals surface area (Å²) in [4.78, 5) is 27.0. The Hall–Kier alpha value is -2.87. The van der Waals surface area contributed by atoms with Crippen LogP contribution >= 0.6 is 0 Å². The van der Waals surface area contributed by atoms with Gasteiger partial charge in [-0.25, -0.2) is 0 Å². The number of hydrogen-bond acceptors (Lipinski definition) is 6. The van der Waals surface area contributed by atoms with Crippen molar-refractivity contribution in [3.8, 4) is 5.75 Å². The van der Waals surface area contributed by atoms with Crippen molar-refractivity contribution >= 4 is 11.8 Å². The molecule has 2 heterocycles. The van der Waals surface area contributed by atoms with E-state index in [4.69, 9.17) is 10.3 Å². The second-order valence-electron chi connectivity index (χ2n) is 8.79. The zero-order valence-corrected chi connectivity index (χ0v) is 17.8. The van der Waals surface area contributed by atoms with Crippen molar-refractivity contribution in [2.24, 2.45) is 11.7 Å². The Morgan fingerprint density at radius 3 is 2.55 bits per heavy atom. The molecule has 4 N–H and O–H groups in total. The fourth-order valence-corrected chi connectivity index (χ4v) is 4.18. The van der Waals surface area contributed by atoms with Gasteiger partial charge < -0.3 is 25.6 Å². The number of nitrogens with two attached hydrogens (primary N) is 1. The van der Waals surface area contributed by atoms with Crippen molar-refractivity contribution in [2.75, 3.05) is 13.1 Å². The van der Waals surface area contributed by atoms with Gasteiger partial charge in [0.2, 0.25) is 5.91 Å². The number of carbonyl (C=O) groups excluding carboxylic acids is 2. The molecule has 8 nitrogen and oxygen atoms in total. The lowest BCUT2D eigenvalue weighted by Gasteiger charge is -2.36. The van der Waals surface area contributed by atoms with Crippen LogP contribution in [0.4, 0.5) is 0 Å². The number of carbonyl (C=O) groups is 2. The number of nitrogens with zero attached hydrogens (tertiary/aromatic N) is 2. The highest BCUT2D eigenvalue weighted by molar-refractivity contribution is 5.92. The quantitative estimate of drug-likeness (QED) is 0.624. The van der Waals surface area contributed by atoms with E-state index in [9.17, 15) is 14.7 Å². The summed E-state index contributed by atoms with van der Waals surface area (Å²) in [5.74, 6) is 1.44. The van der Waals surface area contributed by atoms with Crippen LogP contribution in [0.3, 0.4) is 0 Å². The van der Waals surface area contributed by atoms with Gasteiger partial charge in [0.15, 0.2) is 5.69 Å². The molecule has 1 saturated heterocycles. The molecule has 1 aliphatic heterocycles. The van der Waals surface area contributed by atoms with Crippen molar-refractivity contribution in [3.63, 3.8) is 0 Å². The Kier molecular flexibility index (Phi) is 6.27. The smallest absolute Gasteiger partial charge is 0.273 e. The van der Waals surface area contributed by atoms with Gasteiger partial charge in [-0.1, -0.05) is 17.3 Å². The van der Waals surface area contributed by atoms with Gasteiger partial charge in [-0.15, -0.1) is 0 Å². The SMILES string of the molecule is CC(NC(=O)c1cc(C2CC2)on1)C1CCN(C(=O)[C@H](N)Cc2ccc(O)cc2)CC1. The molecule has 4 rings (SSSR count). The Labute approximate surface area is 181 Å². The highest BCUT2D eigenvalue weighted by atomic mass is 16.5. The molecule has 1 aromatic heterocycles. The molecular weight excluding hydrogens is 396 g/mol. The zero-order chi connectivity index (χ0) is 22.0. The van der Waals surface area contributed by atoms with Gasteiger partial charge in [0.05, 0.1) is 6.04 Å². The Morgan fingerprint density at radius 1 is 1.23 bits per heavy atom. The van der Waals surface area contributed by atoms with E-state index in [-0.39, 0.29) is 29.5 Å².